The van der Waals surface area contributed by atoms with Gasteiger partial charge in [0.1, 0.15) is 17.6 Å². The van der Waals surface area contributed by atoms with Crippen LogP contribution in [0.25, 0.3) is 0 Å². The zero-order valence-electron chi connectivity index (χ0n) is 11.8. The minimum Gasteiger partial charge on any atom is -0.382 e. The average molecular weight is 291 g/mol. The van der Waals surface area contributed by atoms with Gasteiger partial charge in [0.25, 0.3) is 5.91 Å². The summed E-state index contributed by atoms with van der Waals surface area (Å²) >= 11 is 0. The predicted molar refractivity (Wildman–Crippen MR) is 76.4 cm³/mol. The topological polar surface area (TPSA) is 134 Å². The van der Waals surface area contributed by atoms with Crippen LogP contribution in [0.4, 0.5) is 11.5 Å². The Kier molecular flexibility index (Phi) is 3.92. The van der Waals surface area contributed by atoms with Crippen molar-refractivity contribution in [2.45, 2.75) is 26.4 Å². The first kappa shape index (κ1) is 14.6. The molecule has 0 radical (unpaired) electrons. The van der Waals surface area contributed by atoms with Crippen LogP contribution in [0.1, 0.15) is 30.4 Å². The van der Waals surface area contributed by atoms with Gasteiger partial charge in [-0.05, 0) is 19.9 Å². The molecule has 21 heavy (non-hydrogen) atoms. The third-order valence-corrected chi connectivity index (χ3v) is 3.04. The van der Waals surface area contributed by atoms with Crippen LogP contribution in [-0.2, 0) is 11.3 Å². The average Bonchev–Trinajstić information content (AvgIpc) is 3.03. The van der Waals surface area contributed by atoms with Crippen LogP contribution in [-0.4, -0.2) is 31.4 Å². The number of carbonyl (C=O) groups excluding carboxylic acids is 2. The number of nitrogens with zero attached hydrogens (tertiary/aromatic N) is 4. The van der Waals surface area contributed by atoms with Gasteiger partial charge in [-0.25, -0.2) is 0 Å². The third-order valence-electron chi connectivity index (χ3n) is 3.04. The Bertz CT molecular complexity index is 673. The molecule has 0 aliphatic rings. The van der Waals surface area contributed by atoms with Crippen molar-refractivity contribution in [2.24, 2.45) is 5.73 Å². The zero-order valence-corrected chi connectivity index (χ0v) is 11.8. The van der Waals surface area contributed by atoms with E-state index < -0.39 is 11.9 Å². The fraction of sp³-hybridized carbons (Fsp3) is 0.333. The number of nitrogens with one attached hydrogen (secondary N) is 1. The molecule has 1 atom stereocenters. The maximum absolute atomic E-state index is 12.2. The van der Waals surface area contributed by atoms with Gasteiger partial charge < -0.3 is 16.8 Å². The van der Waals surface area contributed by atoms with Crippen molar-refractivity contribution in [1.82, 2.24) is 19.6 Å². The number of hydrogen-bond donors (Lipinski definition) is 3. The van der Waals surface area contributed by atoms with E-state index in [0.29, 0.717) is 12.4 Å². The second-order valence-electron chi connectivity index (χ2n) is 4.47. The van der Waals surface area contributed by atoms with Crippen LogP contribution in [0, 0.1) is 0 Å². The van der Waals surface area contributed by atoms with Crippen LogP contribution < -0.4 is 16.8 Å². The number of hydrogen-bond acceptors (Lipinski definition) is 5. The molecule has 2 aromatic heterocycles. The molecule has 0 spiro atoms. The number of aromatic nitrogens is 4. The van der Waals surface area contributed by atoms with Crippen molar-refractivity contribution < 1.29 is 9.59 Å². The zero-order chi connectivity index (χ0) is 15.6. The summed E-state index contributed by atoms with van der Waals surface area (Å²) < 4.78 is 2.85. The Labute approximate surface area is 120 Å². The highest BCUT2D eigenvalue weighted by Gasteiger charge is 2.21. The largest absolute Gasteiger partial charge is 0.382 e. The molecule has 2 heterocycles. The van der Waals surface area contributed by atoms with E-state index in [2.05, 4.69) is 15.5 Å². The van der Waals surface area contributed by atoms with E-state index in [0.717, 1.165) is 0 Å². The molecule has 2 rings (SSSR count). The summed E-state index contributed by atoms with van der Waals surface area (Å²) in [4.78, 5) is 23.7. The van der Waals surface area contributed by atoms with Crippen LogP contribution in [0.2, 0.25) is 0 Å². The first-order valence-electron chi connectivity index (χ1n) is 6.41. The SMILES string of the molecule is CCn1ncc(NC(=O)C(C)n2ccc(N)n2)c1C(N)=O. The highest BCUT2D eigenvalue weighted by Crippen LogP contribution is 2.17. The molecule has 0 bridgehead atoms. The summed E-state index contributed by atoms with van der Waals surface area (Å²) in [6, 6.07) is 1.00. The van der Waals surface area contributed by atoms with Gasteiger partial charge in [0.2, 0.25) is 5.91 Å². The fourth-order valence-electron chi connectivity index (χ4n) is 1.90. The minimum absolute atomic E-state index is 0.165. The molecule has 2 aromatic rings. The molecule has 0 saturated heterocycles. The summed E-state index contributed by atoms with van der Waals surface area (Å²) in [5, 5.41) is 10.6. The van der Waals surface area contributed by atoms with Crippen molar-refractivity contribution in [3.63, 3.8) is 0 Å². The van der Waals surface area contributed by atoms with Gasteiger partial charge in [-0.2, -0.15) is 10.2 Å². The molecule has 112 valence electrons. The van der Waals surface area contributed by atoms with E-state index in [9.17, 15) is 9.59 Å². The van der Waals surface area contributed by atoms with Crippen molar-refractivity contribution >= 4 is 23.3 Å². The van der Waals surface area contributed by atoms with E-state index in [-0.39, 0.29) is 17.3 Å². The van der Waals surface area contributed by atoms with E-state index in [1.807, 2.05) is 6.92 Å². The lowest BCUT2D eigenvalue weighted by Crippen LogP contribution is -2.26. The van der Waals surface area contributed by atoms with Gasteiger partial charge in [-0.1, -0.05) is 0 Å². The quantitative estimate of drug-likeness (QED) is 0.711. The van der Waals surface area contributed by atoms with Crippen molar-refractivity contribution in [2.75, 3.05) is 11.1 Å². The molecular formula is C12H17N7O2. The lowest BCUT2D eigenvalue weighted by molar-refractivity contribution is -0.119. The predicted octanol–water partition coefficient (Wildman–Crippen LogP) is -0.0197. The molecule has 0 fully saturated rings. The molecule has 0 aliphatic heterocycles. The number of nitrogens with two attached hydrogens (primary N) is 2. The van der Waals surface area contributed by atoms with E-state index in [1.54, 1.807) is 19.2 Å². The number of anilines is 2. The first-order chi connectivity index (χ1) is 9.93. The van der Waals surface area contributed by atoms with Gasteiger partial charge >= 0.3 is 0 Å². The molecular weight excluding hydrogens is 274 g/mol. The summed E-state index contributed by atoms with van der Waals surface area (Å²) in [5.74, 6) is -0.678. The van der Waals surface area contributed by atoms with E-state index >= 15 is 0 Å². The number of amides is 2. The highest BCUT2D eigenvalue weighted by molar-refractivity contribution is 6.02. The standard InChI is InChI=1S/C12H17N7O2/c1-3-18-10(11(14)20)8(6-15-18)16-12(21)7(2)19-5-4-9(13)17-19/h4-7H,3H2,1-2H3,(H2,13,17)(H2,14,20)(H,16,21). The van der Waals surface area contributed by atoms with Crippen molar-refractivity contribution in [3.05, 3.63) is 24.2 Å². The Morgan fingerprint density at radius 1 is 1.48 bits per heavy atom. The fourth-order valence-corrected chi connectivity index (χ4v) is 1.90. The normalized spacial score (nSPS) is 12.1. The Hall–Kier alpha value is -2.84. The number of primary amides is 1. The summed E-state index contributed by atoms with van der Waals surface area (Å²) in [7, 11) is 0. The maximum atomic E-state index is 12.2. The summed E-state index contributed by atoms with van der Waals surface area (Å²) in [6.45, 7) is 3.95. The van der Waals surface area contributed by atoms with Gasteiger partial charge in [-0.15, -0.1) is 0 Å². The first-order valence-corrected chi connectivity index (χ1v) is 6.41. The van der Waals surface area contributed by atoms with Crippen molar-refractivity contribution in [1.29, 1.82) is 0 Å². The van der Waals surface area contributed by atoms with Crippen LogP contribution >= 0.6 is 0 Å². The Morgan fingerprint density at radius 2 is 2.19 bits per heavy atom. The van der Waals surface area contributed by atoms with Crippen molar-refractivity contribution in [3.8, 4) is 0 Å². The lowest BCUT2D eigenvalue weighted by Gasteiger charge is -2.12. The summed E-state index contributed by atoms with van der Waals surface area (Å²) in [5.41, 5.74) is 11.3. The molecule has 5 N–H and O–H groups in total. The van der Waals surface area contributed by atoms with E-state index in [1.165, 1.54) is 15.6 Å². The number of aryl methyl sites for hydroxylation is 1. The van der Waals surface area contributed by atoms with Gasteiger partial charge in [0.15, 0.2) is 0 Å². The molecule has 1 unspecified atom stereocenters. The van der Waals surface area contributed by atoms with Crippen LogP contribution in [0.3, 0.4) is 0 Å². The third kappa shape index (κ3) is 2.86. The van der Waals surface area contributed by atoms with E-state index in [4.69, 9.17) is 11.5 Å². The molecule has 0 aliphatic carbocycles. The lowest BCUT2D eigenvalue weighted by atomic mass is 10.3. The number of carbonyl (C=O) groups is 2. The van der Waals surface area contributed by atoms with Crippen LogP contribution in [0.5, 0.6) is 0 Å². The smallest absolute Gasteiger partial charge is 0.269 e. The highest BCUT2D eigenvalue weighted by atomic mass is 16.2. The molecule has 9 nitrogen and oxygen atoms in total. The number of nitrogen functional groups attached to an aromatic ring is 1. The van der Waals surface area contributed by atoms with Gasteiger partial charge in [0, 0.05) is 12.7 Å². The second-order valence-corrected chi connectivity index (χ2v) is 4.47. The summed E-state index contributed by atoms with van der Waals surface area (Å²) in [6.07, 6.45) is 3.00. The van der Waals surface area contributed by atoms with Crippen LogP contribution in [0.15, 0.2) is 18.5 Å². The second kappa shape index (κ2) is 5.65. The van der Waals surface area contributed by atoms with Gasteiger partial charge in [0.05, 0.1) is 11.9 Å². The Balaban J connectivity index is 2.20. The minimum atomic E-state index is -0.652. The maximum Gasteiger partial charge on any atom is 0.269 e. The molecule has 2 amide bonds. The monoisotopic (exact) mass is 291 g/mol. The molecule has 0 aromatic carbocycles. The molecule has 9 heteroatoms. The number of rotatable bonds is 5. The molecule has 0 saturated carbocycles. The Morgan fingerprint density at radius 3 is 2.71 bits per heavy atom. The van der Waals surface area contributed by atoms with Gasteiger partial charge in [-0.3, -0.25) is 19.0 Å².